The lowest BCUT2D eigenvalue weighted by Crippen LogP contribution is -2.39. The van der Waals surface area contributed by atoms with Crippen LogP contribution in [0.25, 0.3) is 0 Å². The molecule has 2 unspecified atom stereocenters. The van der Waals surface area contributed by atoms with E-state index in [1.807, 2.05) is 11.9 Å². The highest BCUT2D eigenvalue weighted by Crippen LogP contribution is 2.34. The van der Waals surface area contributed by atoms with Gasteiger partial charge in [0.05, 0.1) is 4.92 Å². The van der Waals surface area contributed by atoms with E-state index in [0.29, 0.717) is 17.8 Å². The summed E-state index contributed by atoms with van der Waals surface area (Å²) in [6, 6.07) is 3.18. The third-order valence-corrected chi connectivity index (χ3v) is 4.13. The van der Waals surface area contributed by atoms with Crippen LogP contribution in [0, 0.1) is 16.0 Å². The second kappa shape index (κ2) is 5.74. The SMILES string of the molecule is CC1CCCCC1N(C)c1nc(Cl)ccc1[N+](=O)[O-]. The molecule has 104 valence electrons. The monoisotopic (exact) mass is 283 g/mol. The number of pyridine rings is 1. The van der Waals surface area contributed by atoms with Gasteiger partial charge in [-0.2, -0.15) is 0 Å². The molecule has 0 N–H and O–H groups in total. The van der Waals surface area contributed by atoms with Crippen molar-refractivity contribution in [1.82, 2.24) is 4.98 Å². The van der Waals surface area contributed by atoms with Gasteiger partial charge in [-0.3, -0.25) is 10.1 Å². The summed E-state index contributed by atoms with van der Waals surface area (Å²) in [4.78, 5) is 16.8. The van der Waals surface area contributed by atoms with Crippen molar-refractivity contribution in [2.75, 3.05) is 11.9 Å². The predicted octanol–water partition coefficient (Wildman–Crippen LogP) is 3.66. The van der Waals surface area contributed by atoms with E-state index in [4.69, 9.17) is 11.6 Å². The molecule has 0 aliphatic heterocycles. The first kappa shape index (κ1) is 14.1. The summed E-state index contributed by atoms with van der Waals surface area (Å²) in [7, 11) is 1.87. The van der Waals surface area contributed by atoms with Gasteiger partial charge >= 0.3 is 5.69 Å². The van der Waals surface area contributed by atoms with Crippen LogP contribution in [0.1, 0.15) is 32.6 Å². The largest absolute Gasteiger partial charge is 0.351 e. The summed E-state index contributed by atoms with van der Waals surface area (Å²) >= 11 is 5.88. The fraction of sp³-hybridized carbons (Fsp3) is 0.615. The van der Waals surface area contributed by atoms with Crippen molar-refractivity contribution in [1.29, 1.82) is 0 Å². The highest BCUT2D eigenvalue weighted by Gasteiger charge is 2.29. The molecule has 0 amide bonds. The lowest BCUT2D eigenvalue weighted by molar-refractivity contribution is -0.384. The van der Waals surface area contributed by atoms with Crippen LogP contribution in [0.5, 0.6) is 0 Å². The topological polar surface area (TPSA) is 59.3 Å². The smallest absolute Gasteiger partial charge is 0.311 e. The number of nitro groups is 1. The average Bonchev–Trinajstić information content (AvgIpc) is 2.38. The maximum absolute atomic E-state index is 11.1. The molecular weight excluding hydrogens is 266 g/mol. The molecule has 0 spiro atoms. The highest BCUT2D eigenvalue weighted by atomic mass is 35.5. The van der Waals surface area contributed by atoms with Gasteiger partial charge in [-0.1, -0.05) is 31.4 Å². The van der Waals surface area contributed by atoms with E-state index in [9.17, 15) is 10.1 Å². The van der Waals surface area contributed by atoms with Gasteiger partial charge in [-0.15, -0.1) is 0 Å². The van der Waals surface area contributed by atoms with Crippen LogP contribution in [-0.4, -0.2) is 23.0 Å². The van der Waals surface area contributed by atoms with E-state index < -0.39 is 4.92 Å². The van der Waals surface area contributed by atoms with Crippen LogP contribution in [0.3, 0.4) is 0 Å². The minimum atomic E-state index is -0.400. The van der Waals surface area contributed by atoms with Crippen LogP contribution in [0.2, 0.25) is 5.15 Å². The maximum atomic E-state index is 11.1. The van der Waals surface area contributed by atoms with Crippen molar-refractivity contribution in [3.8, 4) is 0 Å². The summed E-state index contributed by atoms with van der Waals surface area (Å²) in [6.07, 6.45) is 4.59. The van der Waals surface area contributed by atoms with Crippen LogP contribution in [0.4, 0.5) is 11.5 Å². The second-order valence-corrected chi connectivity index (χ2v) is 5.56. The van der Waals surface area contributed by atoms with Gasteiger partial charge in [0, 0.05) is 19.2 Å². The molecule has 1 aliphatic rings. The number of nitrogens with zero attached hydrogens (tertiary/aromatic N) is 3. The number of halogens is 1. The summed E-state index contributed by atoms with van der Waals surface area (Å²) in [5.41, 5.74) is 0.0182. The molecular formula is C13H18ClN3O2. The Kier molecular flexibility index (Phi) is 4.24. The van der Waals surface area contributed by atoms with Gasteiger partial charge in [0.2, 0.25) is 5.82 Å². The Labute approximate surface area is 117 Å². The van der Waals surface area contributed by atoms with E-state index in [1.54, 1.807) is 0 Å². The molecule has 6 heteroatoms. The van der Waals surface area contributed by atoms with Crippen molar-refractivity contribution >= 4 is 23.1 Å². The Morgan fingerprint density at radius 2 is 2.11 bits per heavy atom. The molecule has 0 saturated heterocycles. The molecule has 1 aromatic heterocycles. The molecule has 2 atom stereocenters. The molecule has 0 radical (unpaired) electrons. The molecule has 1 heterocycles. The van der Waals surface area contributed by atoms with Gasteiger partial charge in [-0.25, -0.2) is 4.98 Å². The first-order valence-corrected chi connectivity index (χ1v) is 6.92. The highest BCUT2D eigenvalue weighted by molar-refractivity contribution is 6.29. The lowest BCUT2D eigenvalue weighted by Gasteiger charge is -2.36. The standard InChI is InChI=1S/C13H18ClN3O2/c1-9-5-3-4-6-10(9)16(2)13-11(17(18)19)7-8-12(14)15-13/h7-10H,3-6H2,1-2H3. The molecule has 1 aliphatic carbocycles. The molecule has 1 saturated carbocycles. The summed E-state index contributed by atoms with van der Waals surface area (Å²) in [5.74, 6) is 0.885. The van der Waals surface area contributed by atoms with Crippen LogP contribution in [0.15, 0.2) is 12.1 Å². The molecule has 0 bridgehead atoms. The Bertz CT molecular complexity index is 481. The van der Waals surface area contributed by atoms with Crippen molar-refractivity contribution in [3.05, 3.63) is 27.4 Å². The molecule has 1 fully saturated rings. The van der Waals surface area contributed by atoms with Gasteiger partial charge in [0.1, 0.15) is 5.15 Å². The number of anilines is 1. The van der Waals surface area contributed by atoms with Crippen LogP contribution >= 0.6 is 11.6 Å². The quantitative estimate of drug-likeness (QED) is 0.482. The third kappa shape index (κ3) is 2.97. The van der Waals surface area contributed by atoms with E-state index in [-0.39, 0.29) is 10.8 Å². The summed E-state index contributed by atoms with van der Waals surface area (Å²) in [6.45, 7) is 2.19. The molecule has 1 aromatic rings. The van der Waals surface area contributed by atoms with E-state index in [1.165, 1.54) is 18.6 Å². The number of hydrogen-bond acceptors (Lipinski definition) is 4. The Hall–Kier alpha value is -1.36. The molecule has 19 heavy (non-hydrogen) atoms. The van der Waals surface area contributed by atoms with Crippen molar-refractivity contribution < 1.29 is 4.92 Å². The van der Waals surface area contributed by atoms with Gasteiger partial charge in [-0.05, 0) is 24.8 Å². The van der Waals surface area contributed by atoms with Crippen molar-refractivity contribution in [2.24, 2.45) is 5.92 Å². The Balaban J connectivity index is 2.34. The minimum Gasteiger partial charge on any atom is -0.351 e. The molecule has 2 rings (SSSR count). The summed E-state index contributed by atoms with van der Waals surface area (Å²) < 4.78 is 0. The fourth-order valence-electron chi connectivity index (χ4n) is 2.85. The van der Waals surface area contributed by atoms with Crippen LogP contribution < -0.4 is 4.90 Å². The molecule has 5 nitrogen and oxygen atoms in total. The summed E-state index contributed by atoms with van der Waals surface area (Å²) in [5, 5.41) is 11.4. The predicted molar refractivity (Wildman–Crippen MR) is 75.7 cm³/mol. The van der Waals surface area contributed by atoms with Crippen molar-refractivity contribution in [3.63, 3.8) is 0 Å². The van der Waals surface area contributed by atoms with Gasteiger partial charge < -0.3 is 4.90 Å². The van der Waals surface area contributed by atoms with Gasteiger partial charge in [0.15, 0.2) is 0 Å². The lowest BCUT2D eigenvalue weighted by atomic mass is 9.85. The van der Waals surface area contributed by atoms with E-state index in [2.05, 4.69) is 11.9 Å². The fourth-order valence-corrected chi connectivity index (χ4v) is 2.99. The van der Waals surface area contributed by atoms with E-state index in [0.717, 1.165) is 19.3 Å². The second-order valence-electron chi connectivity index (χ2n) is 5.17. The van der Waals surface area contributed by atoms with E-state index >= 15 is 0 Å². The Morgan fingerprint density at radius 3 is 2.74 bits per heavy atom. The maximum Gasteiger partial charge on any atom is 0.311 e. The van der Waals surface area contributed by atoms with Gasteiger partial charge in [0.25, 0.3) is 0 Å². The van der Waals surface area contributed by atoms with Crippen molar-refractivity contribution in [2.45, 2.75) is 38.6 Å². The first-order chi connectivity index (χ1) is 9.00. The zero-order valence-corrected chi connectivity index (χ0v) is 11.9. The third-order valence-electron chi connectivity index (χ3n) is 3.91. The normalized spacial score (nSPS) is 23.1. The minimum absolute atomic E-state index is 0.0182. The number of aromatic nitrogens is 1. The molecule has 0 aromatic carbocycles. The zero-order valence-electron chi connectivity index (χ0n) is 11.2. The van der Waals surface area contributed by atoms with Crippen LogP contribution in [-0.2, 0) is 0 Å². The first-order valence-electron chi connectivity index (χ1n) is 6.54. The average molecular weight is 284 g/mol. The Morgan fingerprint density at radius 1 is 1.42 bits per heavy atom. The number of rotatable bonds is 3. The zero-order chi connectivity index (χ0) is 14.0. The number of hydrogen-bond donors (Lipinski definition) is 0.